The number of carbonyl (C=O) groups is 2. The van der Waals surface area contributed by atoms with E-state index in [9.17, 15) is 9.59 Å². The first-order valence-electron chi connectivity index (χ1n) is 10.1. The molecule has 2 atom stereocenters. The van der Waals surface area contributed by atoms with Crippen molar-refractivity contribution in [3.05, 3.63) is 11.4 Å². The van der Waals surface area contributed by atoms with Crippen LogP contribution in [0.4, 0.5) is 5.95 Å². The molecular weight excluding hydrogens is 314 g/mol. The van der Waals surface area contributed by atoms with E-state index in [0.29, 0.717) is 17.5 Å². The van der Waals surface area contributed by atoms with Gasteiger partial charge in [-0.15, -0.1) is 0 Å². The van der Waals surface area contributed by atoms with E-state index >= 15 is 0 Å². The summed E-state index contributed by atoms with van der Waals surface area (Å²) in [6.45, 7) is 1.99. The first-order chi connectivity index (χ1) is 12.2. The highest BCUT2D eigenvalue weighted by Crippen LogP contribution is 2.46. The van der Waals surface area contributed by atoms with Crippen LogP contribution >= 0.6 is 0 Å². The fourth-order valence-electron chi connectivity index (χ4n) is 4.58. The van der Waals surface area contributed by atoms with Gasteiger partial charge in [0.15, 0.2) is 11.6 Å². The van der Waals surface area contributed by atoms with Gasteiger partial charge < -0.3 is 9.88 Å². The molecule has 2 heterocycles. The molecule has 1 aliphatic heterocycles. The van der Waals surface area contributed by atoms with E-state index in [0.717, 1.165) is 37.6 Å². The predicted molar refractivity (Wildman–Crippen MR) is 94.9 cm³/mol. The summed E-state index contributed by atoms with van der Waals surface area (Å²) in [5.74, 6) is 1.67. The van der Waals surface area contributed by atoms with Gasteiger partial charge in [-0.2, -0.15) is 0 Å². The molecule has 2 unspecified atom stereocenters. The highest BCUT2D eigenvalue weighted by atomic mass is 16.2. The minimum atomic E-state index is -0.429. The second-order valence-electron chi connectivity index (χ2n) is 8.60. The minimum absolute atomic E-state index is 0.0153. The van der Waals surface area contributed by atoms with E-state index in [2.05, 4.69) is 9.88 Å². The molecule has 1 N–H and O–H groups in total. The van der Waals surface area contributed by atoms with Crippen LogP contribution in [0.15, 0.2) is 0 Å². The standard InChI is InChI=1S/C20H27N3O2/c24-18-14(10-12-4-5-12)16-17(19(25)15(18)11-13-6-7-13)22-20(21-16)23-8-2-1-3-9-23/h12-15H,1-11H2,(H,21,22). The maximum Gasteiger partial charge on any atom is 0.203 e. The van der Waals surface area contributed by atoms with Gasteiger partial charge in [0.2, 0.25) is 5.95 Å². The molecule has 25 heavy (non-hydrogen) atoms. The molecule has 1 aromatic heterocycles. The van der Waals surface area contributed by atoms with Gasteiger partial charge in [-0.25, -0.2) is 4.98 Å². The lowest BCUT2D eigenvalue weighted by Crippen LogP contribution is -2.36. The molecule has 134 valence electrons. The lowest BCUT2D eigenvalue weighted by Gasteiger charge is -2.26. The molecule has 1 saturated heterocycles. The smallest absolute Gasteiger partial charge is 0.203 e. The number of hydrogen-bond donors (Lipinski definition) is 1. The summed E-state index contributed by atoms with van der Waals surface area (Å²) >= 11 is 0. The number of imidazole rings is 1. The summed E-state index contributed by atoms with van der Waals surface area (Å²) in [7, 11) is 0. The van der Waals surface area contributed by atoms with Crippen molar-refractivity contribution in [2.75, 3.05) is 18.0 Å². The Morgan fingerprint density at radius 1 is 0.920 bits per heavy atom. The van der Waals surface area contributed by atoms with Crippen molar-refractivity contribution < 1.29 is 9.59 Å². The summed E-state index contributed by atoms with van der Waals surface area (Å²) < 4.78 is 0. The summed E-state index contributed by atoms with van der Waals surface area (Å²) in [4.78, 5) is 36.5. The third kappa shape index (κ3) is 2.91. The summed E-state index contributed by atoms with van der Waals surface area (Å²) in [5, 5.41) is 0. The Morgan fingerprint density at radius 2 is 1.56 bits per heavy atom. The van der Waals surface area contributed by atoms with Crippen LogP contribution in [-0.2, 0) is 4.79 Å². The third-order valence-corrected chi connectivity index (χ3v) is 6.49. The number of anilines is 1. The number of H-pyrrole nitrogens is 1. The number of rotatable bonds is 5. The summed E-state index contributed by atoms with van der Waals surface area (Å²) in [6.07, 6.45) is 10.1. The predicted octanol–water partition coefficient (Wildman–Crippen LogP) is 3.47. The van der Waals surface area contributed by atoms with Crippen molar-refractivity contribution in [2.24, 2.45) is 17.8 Å². The molecule has 1 aromatic rings. The van der Waals surface area contributed by atoms with Crippen molar-refractivity contribution in [1.82, 2.24) is 9.97 Å². The lowest BCUT2D eigenvalue weighted by atomic mass is 9.75. The number of nitrogens with one attached hydrogen (secondary N) is 1. The van der Waals surface area contributed by atoms with E-state index in [4.69, 9.17) is 4.98 Å². The van der Waals surface area contributed by atoms with Crippen LogP contribution in [0.1, 0.15) is 79.9 Å². The van der Waals surface area contributed by atoms with Crippen LogP contribution in [0.5, 0.6) is 0 Å². The molecule has 0 amide bonds. The molecule has 2 saturated carbocycles. The lowest BCUT2D eigenvalue weighted by molar-refractivity contribution is -0.124. The third-order valence-electron chi connectivity index (χ3n) is 6.49. The number of fused-ring (bicyclic) bond motifs is 1. The van der Waals surface area contributed by atoms with E-state index in [1.807, 2.05) is 0 Å². The molecule has 3 fully saturated rings. The molecule has 4 aliphatic rings. The Hall–Kier alpha value is -1.65. The van der Waals surface area contributed by atoms with E-state index in [1.165, 1.54) is 44.9 Å². The first-order valence-corrected chi connectivity index (χ1v) is 10.1. The average molecular weight is 341 g/mol. The van der Waals surface area contributed by atoms with Crippen molar-refractivity contribution in [3.63, 3.8) is 0 Å². The summed E-state index contributed by atoms with van der Waals surface area (Å²) in [6, 6.07) is 0. The van der Waals surface area contributed by atoms with Gasteiger partial charge in [0, 0.05) is 13.1 Å². The fraction of sp³-hybridized carbons (Fsp3) is 0.750. The monoisotopic (exact) mass is 341 g/mol. The largest absolute Gasteiger partial charge is 0.342 e. The van der Waals surface area contributed by atoms with Crippen LogP contribution < -0.4 is 4.90 Å². The molecule has 3 aliphatic carbocycles. The van der Waals surface area contributed by atoms with Crippen molar-refractivity contribution >= 4 is 17.5 Å². The minimum Gasteiger partial charge on any atom is -0.342 e. The van der Waals surface area contributed by atoms with Gasteiger partial charge in [0.05, 0.1) is 17.5 Å². The van der Waals surface area contributed by atoms with E-state index in [1.54, 1.807) is 0 Å². The number of ketones is 2. The number of piperidine rings is 1. The van der Waals surface area contributed by atoms with Crippen molar-refractivity contribution in [3.8, 4) is 0 Å². The summed E-state index contributed by atoms with van der Waals surface area (Å²) in [5.41, 5.74) is 1.41. The highest BCUT2D eigenvalue weighted by Gasteiger charge is 2.47. The van der Waals surface area contributed by atoms with Crippen LogP contribution in [-0.4, -0.2) is 34.6 Å². The molecular formula is C20H27N3O2. The second-order valence-corrected chi connectivity index (χ2v) is 8.60. The zero-order chi connectivity index (χ0) is 17.0. The Balaban J connectivity index is 1.48. The maximum absolute atomic E-state index is 13.1. The average Bonchev–Trinajstić information content (AvgIpc) is 3.56. The number of carbonyl (C=O) groups excluding carboxylic acids is 2. The molecule has 5 nitrogen and oxygen atoms in total. The Kier molecular flexibility index (Phi) is 3.72. The van der Waals surface area contributed by atoms with Crippen LogP contribution in [0, 0.1) is 17.8 Å². The zero-order valence-electron chi connectivity index (χ0n) is 14.8. The van der Waals surface area contributed by atoms with Gasteiger partial charge in [0.25, 0.3) is 0 Å². The molecule has 0 aromatic carbocycles. The Bertz CT molecular complexity index is 696. The number of aromatic nitrogens is 2. The first kappa shape index (κ1) is 15.6. The Labute approximate surface area is 148 Å². The molecule has 0 radical (unpaired) electrons. The van der Waals surface area contributed by atoms with E-state index in [-0.39, 0.29) is 17.5 Å². The van der Waals surface area contributed by atoms with Gasteiger partial charge in [-0.1, -0.05) is 25.7 Å². The molecule has 5 heteroatoms. The zero-order valence-corrected chi connectivity index (χ0v) is 14.8. The maximum atomic E-state index is 13.1. The highest BCUT2D eigenvalue weighted by molar-refractivity contribution is 6.16. The molecule has 5 rings (SSSR count). The van der Waals surface area contributed by atoms with Crippen LogP contribution in [0.2, 0.25) is 0 Å². The SMILES string of the molecule is O=C1c2nc(N3CCCCC3)[nH]c2C(CC2CC2)C(=O)C1CC1CC1. The van der Waals surface area contributed by atoms with Crippen molar-refractivity contribution in [2.45, 2.75) is 63.7 Å². The number of nitrogens with zero attached hydrogens (tertiary/aromatic N) is 2. The van der Waals surface area contributed by atoms with Gasteiger partial charge in [-0.05, 0) is 43.9 Å². The number of Topliss-reactive ketones (excluding diaryl/α,β-unsaturated/α-hetero) is 2. The Morgan fingerprint density at radius 3 is 2.20 bits per heavy atom. The van der Waals surface area contributed by atoms with Crippen LogP contribution in [0.3, 0.4) is 0 Å². The fourth-order valence-corrected chi connectivity index (χ4v) is 4.58. The van der Waals surface area contributed by atoms with Gasteiger partial charge in [0.1, 0.15) is 5.69 Å². The van der Waals surface area contributed by atoms with Gasteiger partial charge in [-0.3, -0.25) is 9.59 Å². The molecule has 0 spiro atoms. The molecule has 0 bridgehead atoms. The van der Waals surface area contributed by atoms with Crippen LogP contribution in [0.25, 0.3) is 0 Å². The van der Waals surface area contributed by atoms with Crippen molar-refractivity contribution in [1.29, 1.82) is 0 Å². The quantitative estimate of drug-likeness (QED) is 0.833. The van der Waals surface area contributed by atoms with Gasteiger partial charge >= 0.3 is 0 Å². The number of aromatic amines is 1. The topological polar surface area (TPSA) is 66.1 Å². The second kappa shape index (κ2) is 5.96. The van der Waals surface area contributed by atoms with E-state index < -0.39 is 5.92 Å². The normalized spacial score (nSPS) is 29.8. The number of hydrogen-bond acceptors (Lipinski definition) is 4.